The van der Waals surface area contributed by atoms with Crippen LogP contribution in [0.4, 0.5) is 0 Å². The first-order valence-corrected chi connectivity index (χ1v) is 9.42. The van der Waals surface area contributed by atoms with Crippen molar-refractivity contribution in [2.24, 2.45) is 0 Å². The van der Waals surface area contributed by atoms with Gasteiger partial charge in [0.05, 0.1) is 16.1 Å². The summed E-state index contributed by atoms with van der Waals surface area (Å²) in [5, 5.41) is 5.18. The maximum Gasteiger partial charge on any atom is 0.124 e. The molecule has 134 valence electrons. The molecule has 0 unspecified atom stereocenters. The maximum absolute atomic E-state index is 6.14. The molecule has 0 spiro atoms. The van der Waals surface area contributed by atoms with Crippen molar-refractivity contribution in [1.29, 1.82) is 0 Å². The van der Waals surface area contributed by atoms with Crippen molar-refractivity contribution in [1.82, 2.24) is 5.32 Å². The van der Waals surface area contributed by atoms with Crippen LogP contribution < -0.4 is 10.1 Å². The predicted octanol–water partition coefficient (Wildman–Crippen LogP) is 5.49. The standard InChI is InChI=1S/C19H20Cl3NO2/c20-15-4-6-19(25-12-13-3-5-17(21)18(22)8-13)14(9-15)10-23-11-16-2-1-7-24-16/h3-6,8-9,16,23H,1-2,7,10-12H2/t16-/m1/s1. The molecule has 0 amide bonds. The summed E-state index contributed by atoms with van der Waals surface area (Å²) in [6.07, 6.45) is 2.56. The van der Waals surface area contributed by atoms with Crippen molar-refractivity contribution in [3.8, 4) is 5.75 Å². The molecule has 0 radical (unpaired) electrons. The second-order valence-electron chi connectivity index (χ2n) is 6.06. The number of hydrogen-bond donors (Lipinski definition) is 1. The number of rotatable bonds is 7. The molecule has 1 aliphatic heterocycles. The Morgan fingerprint density at radius 1 is 1.08 bits per heavy atom. The maximum atomic E-state index is 6.14. The van der Waals surface area contributed by atoms with E-state index in [4.69, 9.17) is 44.3 Å². The van der Waals surface area contributed by atoms with E-state index in [0.29, 0.717) is 34.3 Å². The topological polar surface area (TPSA) is 30.5 Å². The average molecular weight is 401 g/mol. The van der Waals surface area contributed by atoms with E-state index in [9.17, 15) is 0 Å². The van der Waals surface area contributed by atoms with Gasteiger partial charge in [-0.05, 0) is 48.7 Å². The van der Waals surface area contributed by atoms with Crippen molar-refractivity contribution in [3.05, 3.63) is 62.6 Å². The van der Waals surface area contributed by atoms with Gasteiger partial charge in [-0.3, -0.25) is 0 Å². The Hall–Kier alpha value is -0.970. The molecule has 2 aromatic carbocycles. The third kappa shape index (κ3) is 5.50. The molecule has 0 aliphatic carbocycles. The summed E-state index contributed by atoms with van der Waals surface area (Å²) in [7, 11) is 0. The Kier molecular flexibility index (Phi) is 6.85. The van der Waals surface area contributed by atoms with Gasteiger partial charge in [-0.25, -0.2) is 0 Å². The van der Waals surface area contributed by atoms with Crippen molar-refractivity contribution in [2.75, 3.05) is 13.2 Å². The Labute approximate surface area is 163 Å². The fourth-order valence-electron chi connectivity index (χ4n) is 2.79. The first kappa shape index (κ1) is 18.8. The quantitative estimate of drug-likeness (QED) is 0.666. The molecular formula is C19H20Cl3NO2. The highest BCUT2D eigenvalue weighted by Gasteiger charge is 2.15. The summed E-state index contributed by atoms with van der Waals surface area (Å²) in [6, 6.07) is 11.1. The van der Waals surface area contributed by atoms with Crippen molar-refractivity contribution in [3.63, 3.8) is 0 Å². The molecule has 1 saturated heterocycles. The number of hydrogen-bond acceptors (Lipinski definition) is 3. The van der Waals surface area contributed by atoms with Gasteiger partial charge in [-0.2, -0.15) is 0 Å². The molecule has 1 N–H and O–H groups in total. The number of ether oxygens (including phenoxy) is 2. The van der Waals surface area contributed by atoms with Crippen LogP contribution in [0.15, 0.2) is 36.4 Å². The largest absolute Gasteiger partial charge is 0.489 e. The van der Waals surface area contributed by atoms with Gasteiger partial charge >= 0.3 is 0 Å². The Balaban J connectivity index is 1.60. The molecular weight excluding hydrogens is 381 g/mol. The van der Waals surface area contributed by atoms with Gasteiger partial charge in [0.15, 0.2) is 0 Å². The molecule has 0 saturated carbocycles. The van der Waals surface area contributed by atoms with Gasteiger partial charge in [-0.15, -0.1) is 0 Å². The summed E-state index contributed by atoms with van der Waals surface area (Å²) in [5.41, 5.74) is 1.98. The van der Waals surface area contributed by atoms with E-state index in [1.807, 2.05) is 30.3 Å². The molecule has 1 heterocycles. The van der Waals surface area contributed by atoms with Crippen LogP contribution >= 0.6 is 34.8 Å². The Bertz CT molecular complexity index is 718. The van der Waals surface area contributed by atoms with Crippen LogP contribution in [-0.4, -0.2) is 19.3 Å². The lowest BCUT2D eigenvalue weighted by Gasteiger charge is -2.15. The molecule has 2 aromatic rings. The van der Waals surface area contributed by atoms with E-state index >= 15 is 0 Å². The molecule has 0 aromatic heterocycles. The highest BCUT2D eigenvalue weighted by atomic mass is 35.5. The molecule has 1 aliphatic rings. The number of benzene rings is 2. The first-order chi connectivity index (χ1) is 12.1. The second kappa shape index (κ2) is 9.11. The summed E-state index contributed by atoms with van der Waals surface area (Å²) >= 11 is 18.1. The SMILES string of the molecule is Clc1ccc(OCc2ccc(Cl)c(Cl)c2)c(CNC[C@H]2CCCO2)c1. The summed E-state index contributed by atoms with van der Waals surface area (Å²) in [5.74, 6) is 0.801. The van der Waals surface area contributed by atoms with E-state index < -0.39 is 0 Å². The number of nitrogens with one attached hydrogen (secondary N) is 1. The lowest BCUT2D eigenvalue weighted by atomic mass is 10.2. The molecule has 25 heavy (non-hydrogen) atoms. The molecule has 3 nitrogen and oxygen atoms in total. The van der Waals surface area contributed by atoms with Crippen LogP contribution in [0.3, 0.4) is 0 Å². The number of halogens is 3. The Morgan fingerprint density at radius 3 is 2.72 bits per heavy atom. The zero-order chi connectivity index (χ0) is 17.6. The minimum atomic E-state index is 0.305. The van der Waals surface area contributed by atoms with Gasteiger partial charge < -0.3 is 14.8 Å². The van der Waals surface area contributed by atoms with E-state index in [1.54, 1.807) is 6.07 Å². The van der Waals surface area contributed by atoms with Crippen molar-refractivity contribution < 1.29 is 9.47 Å². The zero-order valence-electron chi connectivity index (χ0n) is 13.7. The summed E-state index contributed by atoms with van der Waals surface area (Å²) in [4.78, 5) is 0. The third-order valence-corrected chi connectivity index (χ3v) is 5.09. The molecule has 3 rings (SSSR count). The van der Waals surface area contributed by atoms with Crippen LogP contribution in [0.2, 0.25) is 15.1 Å². The van der Waals surface area contributed by atoms with Crippen LogP contribution in [-0.2, 0) is 17.9 Å². The van der Waals surface area contributed by atoms with Crippen LogP contribution in [0.1, 0.15) is 24.0 Å². The van der Waals surface area contributed by atoms with E-state index in [2.05, 4.69) is 5.32 Å². The summed E-state index contributed by atoms with van der Waals surface area (Å²) in [6.45, 7) is 2.79. The molecule has 1 atom stereocenters. The highest BCUT2D eigenvalue weighted by molar-refractivity contribution is 6.42. The molecule has 0 bridgehead atoms. The van der Waals surface area contributed by atoms with Gasteiger partial charge in [0, 0.05) is 30.3 Å². The lowest BCUT2D eigenvalue weighted by Crippen LogP contribution is -2.26. The zero-order valence-corrected chi connectivity index (χ0v) is 16.0. The predicted molar refractivity (Wildman–Crippen MR) is 103 cm³/mol. The van der Waals surface area contributed by atoms with Gasteiger partial charge in [0.25, 0.3) is 0 Å². The average Bonchev–Trinajstić information content (AvgIpc) is 3.10. The minimum absolute atomic E-state index is 0.305. The van der Waals surface area contributed by atoms with E-state index in [1.165, 1.54) is 0 Å². The highest BCUT2D eigenvalue weighted by Crippen LogP contribution is 2.26. The first-order valence-electron chi connectivity index (χ1n) is 8.29. The van der Waals surface area contributed by atoms with Crippen molar-refractivity contribution in [2.45, 2.75) is 32.1 Å². The van der Waals surface area contributed by atoms with Gasteiger partial charge in [-0.1, -0.05) is 40.9 Å². The Morgan fingerprint density at radius 2 is 1.96 bits per heavy atom. The van der Waals surface area contributed by atoms with Crippen LogP contribution in [0.25, 0.3) is 0 Å². The smallest absolute Gasteiger partial charge is 0.124 e. The summed E-state index contributed by atoms with van der Waals surface area (Å²) < 4.78 is 11.6. The van der Waals surface area contributed by atoms with Crippen LogP contribution in [0, 0.1) is 0 Å². The lowest BCUT2D eigenvalue weighted by molar-refractivity contribution is 0.110. The minimum Gasteiger partial charge on any atom is -0.489 e. The van der Waals surface area contributed by atoms with Crippen molar-refractivity contribution >= 4 is 34.8 Å². The van der Waals surface area contributed by atoms with Gasteiger partial charge in [0.1, 0.15) is 12.4 Å². The van der Waals surface area contributed by atoms with Crippen LogP contribution in [0.5, 0.6) is 5.75 Å². The normalized spacial score (nSPS) is 17.0. The monoisotopic (exact) mass is 399 g/mol. The van der Waals surface area contributed by atoms with Gasteiger partial charge in [0.2, 0.25) is 0 Å². The van der Waals surface area contributed by atoms with E-state index in [0.717, 1.165) is 42.9 Å². The van der Waals surface area contributed by atoms with E-state index in [-0.39, 0.29) is 0 Å². The molecule has 1 fully saturated rings. The fourth-order valence-corrected chi connectivity index (χ4v) is 3.31. The molecule has 6 heteroatoms. The third-order valence-electron chi connectivity index (χ3n) is 4.11. The second-order valence-corrected chi connectivity index (χ2v) is 7.31. The fraction of sp³-hybridized carbons (Fsp3) is 0.368.